The van der Waals surface area contributed by atoms with Crippen LogP contribution in [0.5, 0.6) is 5.75 Å². The van der Waals surface area contributed by atoms with Gasteiger partial charge >= 0.3 is 0 Å². The van der Waals surface area contributed by atoms with Gasteiger partial charge in [0.1, 0.15) is 18.1 Å². The number of nitrogens with two attached hydrogens (primary N) is 1. The molecule has 2 rings (SSSR count). The van der Waals surface area contributed by atoms with Gasteiger partial charge in [0.15, 0.2) is 5.69 Å². The lowest BCUT2D eigenvalue weighted by atomic mass is 10.2. The summed E-state index contributed by atoms with van der Waals surface area (Å²) in [5.41, 5.74) is 6.75. The Kier molecular flexibility index (Phi) is 5.13. The number of aliphatic hydroxyl groups excluding tert-OH is 1. The second-order valence-corrected chi connectivity index (χ2v) is 4.87. The van der Waals surface area contributed by atoms with Crippen LogP contribution >= 0.6 is 0 Å². The average molecular weight is 305 g/mol. The summed E-state index contributed by atoms with van der Waals surface area (Å²) < 4.78 is 10.2. The fraction of sp³-hybridized carbons (Fsp3) is 0.333. The molecular weight excluding hydrogens is 286 g/mol. The van der Waals surface area contributed by atoms with E-state index in [1.807, 2.05) is 24.3 Å². The van der Waals surface area contributed by atoms with Gasteiger partial charge in [0.05, 0.1) is 13.2 Å². The van der Waals surface area contributed by atoms with Crippen molar-refractivity contribution >= 4 is 5.91 Å². The van der Waals surface area contributed by atoms with Crippen molar-refractivity contribution in [3.8, 4) is 5.75 Å². The van der Waals surface area contributed by atoms with Crippen molar-refractivity contribution in [1.82, 2.24) is 10.3 Å². The molecule has 4 N–H and O–H groups in total. The number of rotatable bonds is 6. The van der Waals surface area contributed by atoms with E-state index in [1.54, 1.807) is 7.11 Å². The zero-order valence-corrected chi connectivity index (χ0v) is 12.4. The first kappa shape index (κ1) is 16.0. The van der Waals surface area contributed by atoms with E-state index < -0.39 is 12.1 Å². The van der Waals surface area contributed by atoms with Crippen LogP contribution in [0.3, 0.4) is 0 Å². The molecule has 1 aromatic carbocycles. The number of amides is 1. The van der Waals surface area contributed by atoms with E-state index in [4.69, 9.17) is 14.9 Å². The maximum Gasteiger partial charge on any atom is 0.273 e. The van der Waals surface area contributed by atoms with Crippen LogP contribution in [-0.4, -0.2) is 29.2 Å². The van der Waals surface area contributed by atoms with Crippen molar-refractivity contribution in [2.45, 2.75) is 25.6 Å². The first-order valence-electron chi connectivity index (χ1n) is 6.81. The lowest BCUT2D eigenvalue weighted by Crippen LogP contribution is -2.25. The third-order valence-electron chi connectivity index (χ3n) is 3.17. The highest BCUT2D eigenvalue weighted by Gasteiger charge is 2.20. The summed E-state index contributed by atoms with van der Waals surface area (Å²) in [6.45, 7) is 1.88. The maximum atomic E-state index is 12.0. The van der Waals surface area contributed by atoms with Crippen LogP contribution in [0.2, 0.25) is 0 Å². The van der Waals surface area contributed by atoms with E-state index in [-0.39, 0.29) is 17.5 Å². The molecule has 2 unspecified atom stereocenters. The molecule has 0 saturated carbocycles. The quantitative estimate of drug-likeness (QED) is 0.734. The van der Waals surface area contributed by atoms with Crippen LogP contribution in [0.4, 0.5) is 0 Å². The van der Waals surface area contributed by atoms with E-state index in [0.29, 0.717) is 6.54 Å². The number of aliphatic hydroxyl groups is 1. The molecule has 118 valence electrons. The van der Waals surface area contributed by atoms with Crippen molar-refractivity contribution in [2.75, 3.05) is 7.11 Å². The minimum absolute atomic E-state index is 0.125. The molecule has 0 aliphatic carbocycles. The molecule has 7 heteroatoms. The van der Waals surface area contributed by atoms with Crippen molar-refractivity contribution in [2.24, 2.45) is 5.73 Å². The predicted octanol–water partition coefficient (Wildman–Crippen LogP) is 0.994. The zero-order chi connectivity index (χ0) is 16.1. The summed E-state index contributed by atoms with van der Waals surface area (Å²) in [6, 6.07) is 6.59. The fourth-order valence-corrected chi connectivity index (χ4v) is 1.77. The molecule has 2 aromatic rings. The number of carbonyl (C=O) groups is 1. The normalized spacial score (nSPS) is 13.5. The van der Waals surface area contributed by atoms with Gasteiger partial charge in [-0.15, -0.1) is 0 Å². The Labute approximate surface area is 128 Å². The number of hydrogen-bond acceptors (Lipinski definition) is 6. The number of nitrogens with one attached hydrogen (secondary N) is 1. The van der Waals surface area contributed by atoms with E-state index in [1.165, 1.54) is 13.2 Å². The number of hydrogen-bond donors (Lipinski definition) is 3. The van der Waals surface area contributed by atoms with Crippen LogP contribution in [0.1, 0.15) is 34.9 Å². The Morgan fingerprint density at radius 1 is 1.45 bits per heavy atom. The SMILES string of the molecule is COc1ccc(CNC(=O)c2coc(C(N)C(C)O)n2)cc1. The highest BCUT2D eigenvalue weighted by Crippen LogP contribution is 2.14. The van der Waals surface area contributed by atoms with Gasteiger partial charge in [0.25, 0.3) is 5.91 Å². The van der Waals surface area contributed by atoms with Gasteiger partial charge in [-0.05, 0) is 24.6 Å². The highest BCUT2D eigenvalue weighted by molar-refractivity contribution is 5.91. The van der Waals surface area contributed by atoms with Crippen LogP contribution in [0.15, 0.2) is 34.9 Å². The van der Waals surface area contributed by atoms with Gasteiger partial charge in [0.2, 0.25) is 5.89 Å². The Morgan fingerprint density at radius 2 is 2.14 bits per heavy atom. The number of benzene rings is 1. The Morgan fingerprint density at radius 3 is 2.73 bits per heavy atom. The number of ether oxygens (including phenoxy) is 1. The van der Waals surface area contributed by atoms with Crippen LogP contribution in [0.25, 0.3) is 0 Å². The van der Waals surface area contributed by atoms with Gasteiger partial charge < -0.3 is 25.3 Å². The van der Waals surface area contributed by atoms with Gasteiger partial charge in [-0.25, -0.2) is 4.98 Å². The summed E-state index contributed by atoms with van der Waals surface area (Å²) >= 11 is 0. The van der Waals surface area contributed by atoms with E-state index in [0.717, 1.165) is 11.3 Å². The van der Waals surface area contributed by atoms with Crippen LogP contribution < -0.4 is 15.8 Å². The minimum Gasteiger partial charge on any atom is -0.497 e. The third-order valence-corrected chi connectivity index (χ3v) is 3.17. The summed E-state index contributed by atoms with van der Waals surface area (Å²) in [7, 11) is 1.59. The van der Waals surface area contributed by atoms with Crippen LogP contribution in [0, 0.1) is 0 Å². The predicted molar refractivity (Wildman–Crippen MR) is 79.3 cm³/mol. The molecule has 0 saturated heterocycles. The Bertz CT molecular complexity index is 622. The van der Waals surface area contributed by atoms with Gasteiger partial charge in [-0.1, -0.05) is 12.1 Å². The fourth-order valence-electron chi connectivity index (χ4n) is 1.77. The first-order valence-corrected chi connectivity index (χ1v) is 6.81. The molecule has 1 amide bonds. The Hall–Kier alpha value is -2.38. The first-order chi connectivity index (χ1) is 10.5. The average Bonchev–Trinajstić information content (AvgIpc) is 3.02. The lowest BCUT2D eigenvalue weighted by Gasteiger charge is -2.09. The lowest BCUT2D eigenvalue weighted by molar-refractivity contribution is 0.0945. The smallest absolute Gasteiger partial charge is 0.273 e. The number of nitrogens with zero attached hydrogens (tertiary/aromatic N) is 1. The van der Waals surface area contributed by atoms with Gasteiger partial charge in [0, 0.05) is 6.54 Å². The molecule has 2 atom stereocenters. The molecule has 0 aliphatic heterocycles. The topological polar surface area (TPSA) is 111 Å². The third kappa shape index (κ3) is 3.84. The summed E-state index contributed by atoms with van der Waals surface area (Å²) in [4.78, 5) is 16.0. The van der Waals surface area contributed by atoms with E-state index >= 15 is 0 Å². The van der Waals surface area contributed by atoms with Crippen molar-refractivity contribution in [3.05, 3.63) is 47.7 Å². The molecule has 22 heavy (non-hydrogen) atoms. The van der Waals surface area contributed by atoms with Crippen LogP contribution in [-0.2, 0) is 6.54 Å². The molecule has 0 bridgehead atoms. The molecule has 0 aliphatic rings. The highest BCUT2D eigenvalue weighted by atomic mass is 16.5. The second kappa shape index (κ2) is 7.06. The van der Waals surface area contributed by atoms with Crippen molar-refractivity contribution < 1.29 is 19.1 Å². The second-order valence-electron chi connectivity index (χ2n) is 4.87. The number of oxazole rings is 1. The van der Waals surface area contributed by atoms with E-state index in [2.05, 4.69) is 10.3 Å². The van der Waals surface area contributed by atoms with E-state index in [9.17, 15) is 9.90 Å². The monoisotopic (exact) mass is 305 g/mol. The van der Waals surface area contributed by atoms with Crippen molar-refractivity contribution in [3.63, 3.8) is 0 Å². The molecule has 0 spiro atoms. The summed E-state index contributed by atoms with van der Waals surface area (Å²) in [5, 5.41) is 12.1. The zero-order valence-electron chi connectivity index (χ0n) is 12.4. The molecule has 1 heterocycles. The maximum absolute atomic E-state index is 12.0. The number of aromatic nitrogens is 1. The molecule has 1 aromatic heterocycles. The number of carbonyl (C=O) groups excluding carboxylic acids is 1. The standard InChI is InChI=1S/C15H19N3O4/c1-9(19)13(16)15-18-12(8-22-15)14(20)17-7-10-3-5-11(21-2)6-4-10/h3-6,8-9,13,19H,7,16H2,1-2H3,(H,17,20). The molecule has 7 nitrogen and oxygen atoms in total. The Balaban J connectivity index is 1.94. The summed E-state index contributed by atoms with van der Waals surface area (Å²) in [6.07, 6.45) is 0.412. The van der Waals surface area contributed by atoms with Gasteiger partial charge in [-0.2, -0.15) is 0 Å². The van der Waals surface area contributed by atoms with Crippen molar-refractivity contribution in [1.29, 1.82) is 0 Å². The number of methoxy groups -OCH3 is 1. The minimum atomic E-state index is -0.811. The van der Waals surface area contributed by atoms with Gasteiger partial charge in [-0.3, -0.25) is 4.79 Å². The molecular formula is C15H19N3O4. The largest absolute Gasteiger partial charge is 0.497 e. The molecule has 0 fully saturated rings. The molecule has 0 radical (unpaired) electrons. The summed E-state index contributed by atoms with van der Waals surface area (Å²) in [5.74, 6) is 0.511.